The second-order valence-electron chi connectivity index (χ2n) is 6.94. The van der Waals surface area contributed by atoms with Crippen LogP contribution in [0.2, 0.25) is 0 Å². The predicted molar refractivity (Wildman–Crippen MR) is 92.4 cm³/mol. The maximum absolute atomic E-state index is 12.4. The van der Waals surface area contributed by atoms with Crippen LogP contribution in [0.15, 0.2) is 30.5 Å². The number of aromatic nitrogens is 3. The molecule has 2 heterocycles. The number of carbonyl (C=O) groups excluding carboxylic acids is 1. The molecule has 25 heavy (non-hydrogen) atoms. The normalized spacial score (nSPS) is 21.1. The van der Waals surface area contributed by atoms with Gasteiger partial charge < -0.3 is 15.4 Å². The lowest BCUT2D eigenvalue weighted by Gasteiger charge is -2.23. The molecular formula is C18H23N5O2. The van der Waals surface area contributed by atoms with Crippen LogP contribution in [0.25, 0.3) is 5.69 Å². The van der Waals surface area contributed by atoms with Crippen molar-refractivity contribution in [3.8, 4) is 11.4 Å². The van der Waals surface area contributed by atoms with Gasteiger partial charge in [0.15, 0.2) is 0 Å². The van der Waals surface area contributed by atoms with Crippen molar-refractivity contribution in [2.24, 2.45) is 11.3 Å². The second kappa shape index (κ2) is 6.48. The number of amides is 1. The van der Waals surface area contributed by atoms with Gasteiger partial charge in [-0.1, -0.05) is 5.21 Å². The van der Waals surface area contributed by atoms with E-state index in [4.69, 9.17) is 4.74 Å². The number of nitrogens with one attached hydrogen (secondary N) is 2. The second-order valence-corrected chi connectivity index (χ2v) is 6.94. The molecule has 1 amide bonds. The predicted octanol–water partition coefficient (Wildman–Crippen LogP) is 1.28. The Kier molecular flexibility index (Phi) is 4.17. The molecule has 1 unspecified atom stereocenters. The van der Waals surface area contributed by atoms with E-state index in [9.17, 15) is 4.79 Å². The molecule has 1 atom stereocenters. The maximum atomic E-state index is 12.4. The van der Waals surface area contributed by atoms with E-state index in [-0.39, 0.29) is 17.2 Å². The first kappa shape index (κ1) is 16.1. The van der Waals surface area contributed by atoms with Crippen molar-refractivity contribution in [2.45, 2.75) is 25.8 Å². The van der Waals surface area contributed by atoms with Gasteiger partial charge in [0.05, 0.1) is 25.5 Å². The van der Waals surface area contributed by atoms with Crippen LogP contribution in [-0.4, -0.2) is 41.1 Å². The van der Waals surface area contributed by atoms with Gasteiger partial charge in [-0.05, 0) is 62.0 Å². The number of hydrogen-bond donors (Lipinski definition) is 2. The minimum Gasteiger partial charge on any atom is -0.497 e. The number of rotatable bonds is 5. The van der Waals surface area contributed by atoms with Crippen LogP contribution in [0.1, 0.15) is 25.0 Å². The highest BCUT2D eigenvalue weighted by Crippen LogP contribution is 2.58. The van der Waals surface area contributed by atoms with E-state index in [0.29, 0.717) is 6.54 Å². The number of hydrogen-bond acceptors (Lipinski definition) is 5. The van der Waals surface area contributed by atoms with Crippen LogP contribution >= 0.6 is 0 Å². The highest BCUT2D eigenvalue weighted by atomic mass is 16.5. The van der Waals surface area contributed by atoms with E-state index >= 15 is 0 Å². The Morgan fingerprint density at radius 3 is 2.84 bits per heavy atom. The number of methoxy groups -OCH3 is 1. The third-order valence-electron chi connectivity index (χ3n) is 5.43. The molecular weight excluding hydrogens is 318 g/mol. The third kappa shape index (κ3) is 3.24. The minimum absolute atomic E-state index is 0.154. The van der Waals surface area contributed by atoms with Crippen molar-refractivity contribution in [1.82, 2.24) is 25.6 Å². The van der Waals surface area contributed by atoms with Gasteiger partial charge in [-0.25, -0.2) is 4.68 Å². The van der Waals surface area contributed by atoms with Gasteiger partial charge in [0.25, 0.3) is 0 Å². The van der Waals surface area contributed by atoms with Gasteiger partial charge in [-0.3, -0.25) is 4.79 Å². The van der Waals surface area contributed by atoms with Crippen LogP contribution < -0.4 is 15.4 Å². The average molecular weight is 341 g/mol. The Balaban J connectivity index is 1.33. The van der Waals surface area contributed by atoms with Gasteiger partial charge in [0, 0.05) is 5.92 Å². The summed E-state index contributed by atoms with van der Waals surface area (Å²) < 4.78 is 6.86. The van der Waals surface area contributed by atoms with E-state index in [1.165, 1.54) is 0 Å². The standard InChI is InChI=1S/C18H23N5O2/c1-25-15-4-2-14(3-5-15)23-12-13(21-22-23)11-20-17(24)16-10-18(16)6-8-19-9-7-18/h2-5,12,16,19H,6-11H2,1H3,(H,20,24). The Bertz CT molecular complexity index is 749. The highest BCUT2D eigenvalue weighted by Gasteiger charge is 2.57. The zero-order valence-corrected chi connectivity index (χ0v) is 14.4. The van der Waals surface area contributed by atoms with E-state index in [2.05, 4.69) is 20.9 Å². The van der Waals surface area contributed by atoms with Crippen molar-refractivity contribution >= 4 is 5.91 Å². The molecule has 2 N–H and O–H groups in total. The van der Waals surface area contributed by atoms with Crippen LogP contribution in [0, 0.1) is 11.3 Å². The average Bonchev–Trinajstić information content (AvgIpc) is 3.14. The molecule has 1 aromatic heterocycles. The van der Waals surface area contributed by atoms with Crippen LogP contribution in [0.5, 0.6) is 5.75 Å². The lowest BCUT2D eigenvalue weighted by Crippen LogP contribution is -2.33. The largest absolute Gasteiger partial charge is 0.497 e. The van der Waals surface area contributed by atoms with Crippen molar-refractivity contribution < 1.29 is 9.53 Å². The Hall–Kier alpha value is -2.41. The first-order chi connectivity index (χ1) is 12.2. The molecule has 1 spiro atoms. The quantitative estimate of drug-likeness (QED) is 0.856. The molecule has 4 rings (SSSR count). The Morgan fingerprint density at radius 1 is 1.36 bits per heavy atom. The Morgan fingerprint density at radius 2 is 2.12 bits per heavy atom. The van der Waals surface area contributed by atoms with E-state index in [1.54, 1.807) is 11.8 Å². The summed E-state index contributed by atoms with van der Waals surface area (Å²) in [6.07, 6.45) is 5.09. The number of ether oxygens (including phenoxy) is 1. The SMILES string of the molecule is COc1ccc(-n2cc(CNC(=O)C3CC34CCNCC4)nn2)cc1. The van der Waals surface area contributed by atoms with Crippen LogP contribution in [0.4, 0.5) is 0 Å². The molecule has 1 aliphatic carbocycles. The fourth-order valence-corrected chi connectivity index (χ4v) is 3.74. The molecule has 1 saturated heterocycles. The van der Waals surface area contributed by atoms with Crippen LogP contribution in [0.3, 0.4) is 0 Å². The number of piperidine rings is 1. The van der Waals surface area contributed by atoms with Gasteiger partial charge in [-0.15, -0.1) is 5.10 Å². The monoisotopic (exact) mass is 341 g/mol. The maximum Gasteiger partial charge on any atom is 0.224 e. The van der Waals surface area contributed by atoms with Crippen molar-refractivity contribution in [1.29, 1.82) is 0 Å². The summed E-state index contributed by atoms with van der Waals surface area (Å²) in [6, 6.07) is 7.59. The molecule has 7 heteroatoms. The summed E-state index contributed by atoms with van der Waals surface area (Å²) in [4.78, 5) is 12.4. The fraction of sp³-hybridized carbons (Fsp3) is 0.500. The lowest BCUT2D eigenvalue weighted by atomic mass is 9.92. The van der Waals surface area contributed by atoms with E-state index in [1.807, 2.05) is 30.5 Å². The van der Waals surface area contributed by atoms with E-state index < -0.39 is 0 Å². The molecule has 2 aromatic rings. The summed E-state index contributed by atoms with van der Waals surface area (Å²) in [6.45, 7) is 2.47. The van der Waals surface area contributed by atoms with E-state index in [0.717, 1.165) is 49.5 Å². The number of carbonyl (C=O) groups is 1. The summed E-state index contributed by atoms with van der Waals surface area (Å²) in [5.41, 5.74) is 1.92. The van der Waals surface area contributed by atoms with Crippen LogP contribution in [-0.2, 0) is 11.3 Å². The van der Waals surface area contributed by atoms with Crippen molar-refractivity contribution in [2.75, 3.05) is 20.2 Å². The highest BCUT2D eigenvalue weighted by molar-refractivity contribution is 5.82. The first-order valence-corrected chi connectivity index (χ1v) is 8.74. The molecule has 1 saturated carbocycles. The van der Waals surface area contributed by atoms with Gasteiger partial charge in [-0.2, -0.15) is 0 Å². The summed E-state index contributed by atoms with van der Waals surface area (Å²) >= 11 is 0. The first-order valence-electron chi connectivity index (χ1n) is 8.74. The minimum atomic E-state index is 0.154. The topological polar surface area (TPSA) is 81.1 Å². The molecule has 2 fully saturated rings. The number of nitrogens with zero attached hydrogens (tertiary/aromatic N) is 3. The zero-order chi connectivity index (χ0) is 17.3. The fourth-order valence-electron chi connectivity index (χ4n) is 3.74. The molecule has 0 bridgehead atoms. The van der Waals surface area contributed by atoms with Gasteiger partial charge >= 0.3 is 0 Å². The summed E-state index contributed by atoms with van der Waals surface area (Å²) in [5.74, 6) is 1.12. The zero-order valence-electron chi connectivity index (χ0n) is 14.4. The van der Waals surface area contributed by atoms with Gasteiger partial charge in [0.2, 0.25) is 5.91 Å². The summed E-state index contributed by atoms with van der Waals surface area (Å²) in [5, 5.41) is 14.7. The lowest BCUT2D eigenvalue weighted by molar-refractivity contribution is -0.123. The molecule has 132 valence electrons. The molecule has 0 radical (unpaired) electrons. The molecule has 2 aliphatic rings. The third-order valence-corrected chi connectivity index (χ3v) is 5.43. The van der Waals surface area contributed by atoms with Crippen molar-refractivity contribution in [3.05, 3.63) is 36.2 Å². The Labute approximate surface area is 146 Å². The van der Waals surface area contributed by atoms with Gasteiger partial charge in [0.1, 0.15) is 11.4 Å². The smallest absolute Gasteiger partial charge is 0.224 e. The summed E-state index contributed by atoms with van der Waals surface area (Å²) in [7, 11) is 1.64. The molecule has 1 aliphatic heterocycles. The molecule has 1 aromatic carbocycles. The van der Waals surface area contributed by atoms with Crippen molar-refractivity contribution in [3.63, 3.8) is 0 Å². The molecule has 7 nitrogen and oxygen atoms in total. The number of benzene rings is 1.